The molecular weight excluding hydrogens is 275 g/mol. The van der Waals surface area contributed by atoms with E-state index in [9.17, 15) is 4.79 Å². The van der Waals surface area contributed by atoms with Crippen LogP contribution in [0.1, 0.15) is 30.1 Å². The van der Waals surface area contributed by atoms with Crippen LogP contribution in [0.2, 0.25) is 10.0 Å². The molecule has 2 N–H and O–H groups in total. The Morgan fingerprint density at radius 3 is 2.44 bits per heavy atom. The summed E-state index contributed by atoms with van der Waals surface area (Å²) in [5, 5.41) is 0.618. The third-order valence-electron chi connectivity index (χ3n) is 2.32. The van der Waals surface area contributed by atoms with Gasteiger partial charge in [0, 0.05) is 12.1 Å². The van der Waals surface area contributed by atoms with Gasteiger partial charge in [-0.05, 0) is 18.6 Å². The maximum absolute atomic E-state index is 11.8. The normalized spacial score (nSPS) is 10.2. The highest BCUT2D eigenvalue weighted by Crippen LogP contribution is 2.33. The van der Waals surface area contributed by atoms with Gasteiger partial charge in [0.2, 0.25) is 0 Å². The van der Waals surface area contributed by atoms with Gasteiger partial charge in [0.1, 0.15) is 0 Å². The number of amides is 1. The van der Waals surface area contributed by atoms with E-state index in [4.69, 9.17) is 27.9 Å². The van der Waals surface area contributed by atoms with Crippen molar-refractivity contribution in [3.8, 4) is 5.75 Å². The summed E-state index contributed by atoms with van der Waals surface area (Å²) in [4.78, 5) is 11.8. The molecule has 0 heterocycles. The molecule has 100 valence electrons. The Kier molecular flexibility index (Phi) is 6.25. The minimum absolute atomic E-state index is 0.280. The zero-order valence-electron chi connectivity index (χ0n) is 10.3. The first kappa shape index (κ1) is 15.1. The number of carbonyl (C=O) groups excluding carboxylic acids is 1. The fourth-order valence-corrected chi connectivity index (χ4v) is 2.01. The smallest absolute Gasteiger partial charge is 0.265 e. The second-order valence-electron chi connectivity index (χ2n) is 3.71. The number of hydrogen-bond acceptors (Lipinski definition) is 3. The molecule has 0 aliphatic carbocycles. The maximum Gasteiger partial charge on any atom is 0.265 e. The molecule has 6 heteroatoms. The first-order valence-electron chi connectivity index (χ1n) is 5.66. The molecular formula is C12H16Cl2N2O2. The summed E-state index contributed by atoms with van der Waals surface area (Å²) in [5.41, 5.74) is 5.80. The van der Waals surface area contributed by atoms with Crippen LogP contribution in [0.3, 0.4) is 0 Å². The SMILES string of the molecule is CCCCNNC(=O)c1cc(Cl)c(OC)c(Cl)c1. The van der Waals surface area contributed by atoms with Crippen molar-refractivity contribution in [3.63, 3.8) is 0 Å². The molecule has 0 aromatic heterocycles. The molecule has 0 aliphatic rings. The number of ether oxygens (including phenoxy) is 1. The van der Waals surface area contributed by atoms with Gasteiger partial charge in [0.15, 0.2) is 5.75 Å². The van der Waals surface area contributed by atoms with Gasteiger partial charge >= 0.3 is 0 Å². The van der Waals surface area contributed by atoms with Crippen molar-refractivity contribution in [2.24, 2.45) is 0 Å². The molecule has 0 radical (unpaired) electrons. The van der Waals surface area contributed by atoms with E-state index in [0.717, 1.165) is 19.4 Å². The van der Waals surface area contributed by atoms with E-state index in [0.29, 0.717) is 21.4 Å². The van der Waals surface area contributed by atoms with E-state index in [1.807, 2.05) is 0 Å². The summed E-state index contributed by atoms with van der Waals surface area (Å²) in [7, 11) is 1.47. The highest BCUT2D eigenvalue weighted by atomic mass is 35.5. The van der Waals surface area contributed by atoms with Crippen LogP contribution in [-0.4, -0.2) is 19.6 Å². The first-order chi connectivity index (χ1) is 8.60. The number of hydrazine groups is 1. The van der Waals surface area contributed by atoms with Crippen molar-refractivity contribution in [1.82, 2.24) is 10.9 Å². The largest absolute Gasteiger partial charge is 0.494 e. The predicted molar refractivity (Wildman–Crippen MR) is 73.4 cm³/mol. The molecule has 0 unspecified atom stereocenters. The fraction of sp³-hybridized carbons (Fsp3) is 0.417. The maximum atomic E-state index is 11.8. The van der Waals surface area contributed by atoms with E-state index < -0.39 is 0 Å². The molecule has 0 spiro atoms. The average molecular weight is 291 g/mol. The Morgan fingerprint density at radius 2 is 1.94 bits per heavy atom. The van der Waals surface area contributed by atoms with E-state index in [1.165, 1.54) is 19.2 Å². The van der Waals surface area contributed by atoms with Crippen molar-refractivity contribution in [2.45, 2.75) is 19.8 Å². The van der Waals surface area contributed by atoms with Gasteiger partial charge < -0.3 is 4.74 Å². The van der Waals surface area contributed by atoms with Crippen molar-refractivity contribution in [2.75, 3.05) is 13.7 Å². The van der Waals surface area contributed by atoms with Gasteiger partial charge in [-0.15, -0.1) is 0 Å². The van der Waals surface area contributed by atoms with Crippen LogP contribution in [0.4, 0.5) is 0 Å². The molecule has 1 amide bonds. The summed E-state index contributed by atoms with van der Waals surface area (Å²) in [6.45, 7) is 2.80. The molecule has 0 fully saturated rings. The van der Waals surface area contributed by atoms with Crippen LogP contribution >= 0.6 is 23.2 Å². The van der Waals surface area contributed by atoms with E-state index in [1.54, 1.807) is 0 Å². The lowest BCUT2D eigenvalue weighted by Gasteiger charge is -2.10. The summed E-state index contributed by atoms with van der Waals surface area (Å²) in [6.07, 6.45) is 2.05. The minimum atomic E-state index is -0.280. The second kappa shape index (κ2) is 7.46. The van der Waals surface area contributed by atoms with Crippen LogP contribution in [0.15, 0.2) is 12.1 Å². The highest BCUT2D eigenvalue weighted by molar-refractivity contribution is 6.37. The lowest BCUT2D eigenvalue weighted by molar-refractivity contribution is 0.0933. The Hall–Kier alpha value is -0.970. The lowest BCUT2D eigenvalue weighted by Crippen LogP contribution is -2.37. The second-order valence-corrected chi connectivity index (χ2v) is 4.52. The number of methoxy groups -OCH3 is 1. The Morgan fingerprint density at radius 1 is 1.33 bits per heavy atom. The molecule has 0 saturated heterocycles. The van der Waals surface area contributed by atoms with Gasteiger partial charge in [0.25, 0.3) is 5.91 Å². The van der Waals surface area contributed by atoms with E-state index in [2.05, 4.69) is 17.8 Å². The van der Waals surface area contributed by atoms with Gasteiger partial charge in [-0.2, -0.15) is 0 Å². The van der Waals surface area contributed by atoms with Gasteiger partial charge in [-0.1, -0.05) is 36.5 Å². The molecule has 1 rings (SSSR count). The zero-order valence-corrected chi connectivity index (χ0v) is 11.9. The van der Waals surface area contributed by atoms with Crippen molar-refractivity contribution in [3.05, 3.63) is 27.7 Å². The Bertz CT molecular complexity index is 402. The van der Waals surface area contributed by atoms with Crippen LogP contribution in [0, 0.1) is 0 Å². The lowest BCUT2D eigenvalue weighted by atomic mass is 10.2. The monoisotopic (exact) mass is 290 g/mol. The number of halogens is 2. The minimum Gasteiger partial charge on any atom is -0.494 e. The summed E-state index contributed by atoms with van der Waals surface area (Å²) >= 11 is 11.9. The molecule has 0 bridgehead atoms. The van der Waals surface area contributed by atoms with E-state index >= 15 is 0 Å². The Balaban J connectivity index is 2.69. The Labute approximate surface area is 117 Å². The van der Waals surface area contributed by atoms with Crippen LogP contribution in [0.25, 0.3) is 0 Å². The van der Waals surface area contributed by atoms with E-state index in [-0.39, 0.29) is 5.91 Å². The molecule has 18 heavy (non-hydrogen) atoms. The number of rotatable bonds is 6. The molecule has 0 atom stereocenters. The molecule has 4 nitrogen and oxygen atoms in total. The molecule has 1 aromatic rings. The van der Waals surface area contributed by atoms with Crippen LogP contribution in [-0.2, 0) is 0 Å². The average Bonchev–Trinajstić information content (AvgIpc) is 2.34. The van der Waals surface area contributed by atoms with Crippen molar-refractivity contribution < 1.29 is 9.53 Å². The standard InChI is InChI=1S/C12H16Cl2N2O2/c1-3-4-5-15-16-12(17)8-6-9(13)11(18-2)10(14)7-8/h6-7,15H,3-5H2,1-2H3,(H,16,17). The summed E-state index contributed by atoms with van der Waals surface area (Å²) in [6, 6.07) is 3.03. The van der Waals surface area contributed by atoms with Crippen molar-refractivity contribution in [1.29, 1.82) is 0 Å². The quantitative estimate of drug-likeness (QED) is 0.625. The molecule has 1 aromatic carbocycles. The highest BCUT2D eigenvalue weighted by Gasteiger charge is 2.12. The van der Waals surface area contributed by atoms with Crippen LogP contribution in [0.5, 0.6) is 5.75 Å². The summed E-state index contributed by atoms with van der Waals surface area (Å²) < 4.78 is 5.01. The number of hydrogen-bond donors (Lipinski definition) is 2. The summed E-state index contributed by atoms with van der Waals surface area (Å²) in [5.74, 6) is 0.0892. The number of nitrogens with one attached hydrogen (secondary N) is 2. The number of unbranched alkanes of at least 4 members (excludes halogenated alkanes) is 1. The third-order valence-corrected chi connectivity index (χ3v) is 2.88. The van der Waals surface area contributed by atoms with Gasteiger partial charge in [0.05, 0.1) is 17.2 Å². The van der Waals surface area contributed by atoms with Crippen molar-refractivity contribution >= 4 is 29.1 Å². The van der Waals surface area contributed by atoms with Crippen LogP contribution < -0.4 is 15.6 Å². The molecule has 0 saturated carbocycles. The fourth-order valence-electron chi connectivity index (χ4n) is 1.37. The van der Waals surface area contributed by atoms with Gasteiger partial charge in [-0.3, -0.25) is 10.2 Å². The predicted octanol–water partition coefficient (Wildman–Crippen LogP) is 3.04. The number of carbonyl (C=O) groups is 1. The van der Waals surface area contributed by atoms with Gasteiger partial charge in [-0.25, -0.2) is 5.43 Å². The topological polar surface area (TPSA) is 50.4 Å². The number of benzene rings is 1. The third kappa shape index (κ3) is 4.05. The zero-order chi connectivity index (χ0) is 13.5. The first-order valence-corrected chi connectivity index (χ1v) is 6.42. The molecule has 0 aliphatic heterocycles.